The molecular weight excluding hydrogens is 589 g/mol. The van der Waals surface area contributed by atoms with Crippen molar-refractivity contribution in [3.63, 3.8) is 0 Å². The van der Waals surface area contributed by atoms with E-state index >= 15 is 8.78 Å². The number of hydrogen-bond acceptors (Lipinski definition) is 7. The van der Waals surface area contributed by atoms with Crippen molar-refractivity contribution in [1.82, 2.24) is 19.8 Å². The number of fused-ring (bicyclic) bond motifs is 1. The fourth-order valence-electron chi connectivity index (χ4n) is 5.93. The zero-order valence-electron chi connectivity index (χ0n) is 26.9. The molecule has 3 heterocycles. The second kappa shape index (κ2) is 11.7. The first-order valence-corrected chi connectivity index (χ1v) is 14.1. The van der Waals surface area contributed by atoms with Crippen molar-refractivity contribution in [2.45, 2.75) is 49.7 Å². The molecule has 0 saturated carbocycles. The molecule has 12 heteroatoms. The highest BCUT2D eigenvalue weighted by atomic mass is 35.5. The van der Waals surface area contributed by atoms with E-state index in [0.717, 1.165) is 17.0 Å². The number of carbonyl (C=O) groups is 1. The molecule has 0 radical (unpaired) electrons. The van der Waals surface area contributed by atoms with E-state index in [1.165, 1.54) is 36.7 Å². The van der Waals surface area contributed by atoms with Gasteiger partial charge in [-0.15, -0.1) is 0 Å². The number of ether oxygens (including phenoxy) is 1. The number of aliphatic hydroxyl groups is 2. The Labute approximate surface area is 258 Å². The van der Waals surface area contributed by atoms with Crippen molar-refractivity contribution in [1.29, 1.82) is 0 Å². The van der Waals surface area contributed by atoms with Gasteiger partial charge in [-0.2, -0.15) is 0 Å². The smallest absolute Gasteiger partial charge is 0.257 e. The highest BCUT2D eigenvalue weighted by Gasteiger charge is 2.57. The van der Waals surface area contributed by atoms with E-state index in [1.54, 1.807) is 6.92 Å². The van der Waals surface area contributed by atoms with E-state index in [2.05, 4.69) is 9.97 Å². The van der Waals surface area contributed by atoms with E-state index in [0.29, 0.717) is 13.1 Å². The summed E-state index contributed by atoms with van der Waals surface area (Å²) in [5, 5.41) is 22.5. The molecule has 2 aromatic carbocycles. The van der Waals surface area contributed by atoms with Gasteiger partial charge in [0.1, 0.15) is 22.9 Å². The average molecular weight is 626 g/mol. The number of rotatable bonds is 9. The van der Waals surface area contributed by atoms with E-state index < -0.39 is 59.5 Å². The predicted octanol–water partition coefficient (Wildman–Crippen LogP) is 4.82. The fourth-order valence-corrected chi connectivity index (χ4v) is 6.15. The van der Waals surface area contributed by atoms with Crippen LogP contribution in [0.4, 0.5) is 8.78 Å². The number of nitrogens with zero attached hydrogens (tertiary/aromatic N) is 4. The lowest BCUT2D eigenvalue weighted by molar-refractivity contribution is -0.136. The minimum Gasteiger partial charge on any atom is -0.394 e. The summed E-state index contributed by atoms with van der Waals surface area (Å²) in [4.78, 5) is 25.4. The molecule has 0 spiro atoms. The van der Waals surface area contributed by atoms with Gasteiger partial charge in [0.05, 0.1) is 41.3 Å². The quantitative estimate of drug-likeness (QED) is 0.352. The third-order valence-electron chi connectivity index (χ3n) is 8.25. The van der Waals surface area contributed by atoms with E-state index in [-0.39, 0.29) is 46.3 Å². The number of alkyl halides is 1. The Bertz CT molecular complexity index is 1630. The van der Waals surface area contributed by atoms with Crippen LogP contribution in [0.5, 0.6) is 0 Å². The molecule has 2 aliphatic rings. The number of benzene rings is 2. The Morgan fingerprint density at radius 3 is 2.38 bits per heavy atom. The van der Waals surface area contributed by atoms with Gasteiger partial charge in [-0.1, -0.05) is 42.3 Å². The molecule has 1 saturated heterocycles. The van der Waals surface area contributed by atoms with Crippen LogP contribution in [0.25, 0.3) is 0 Å². The summed E-state index contributed by atoms with van der Waals surface area (Å²) >= 11 is 12.1. The molecule has 42 heavy (non-hydrogen) atoms. The molecule has 0 aliphatic carbocycles. The largest absolute Gasteiger partial charge is 0.394 e. The third kappa shape index (κ3) is 5.08. The van der Waals surface area contributed by atoms with Crippen molar-refractivity contribution in [2.24, 2.45) is 0 Å². The third-order valence-corrected chi connectivity index (χ3v) is 8.70. The number of halogens is 4. The molecule has 2 atom stereocenters. The number of hydrogen-bond donors (Lipinski definition) is 2. The molecule has 224 valence electrons. The zero-order valence-corrected chi connectivity index (χ0v) is 24.4. The van der Waals surface area contributed by atoms with Crippen LogP contribution < -0.4 is 0 Å². The molecule has 5 rings (SSSR count). The first kappa shape index (κ1) is 25.7. The van der Waals surface area contributed by atoms with Crippen molar-refractivity contribution in [3.8, 4) is 0 Å². The van der Waals surface area contributed by atoms with Gasteiger partial charge < -0.3 is 19.8 Å². The van der Waals surface area contributed by atoms with Gasteiger partial charge in [0.15, 0.2) is 5.72 Å². The van der Waals surface area contributed by atoms with Crippen LogP contribution in [0.3, 0.4) is 0 Å². The Morgan fingerprint density at radius 1 is 1.14 bits per heavy atom. The Morgan fingerprint density at radius 2 is 1.79 bits per heavy atom. The topological polar surface area (TPSA) is 99.0 Å². The van der Waals surface area contributed by atoms with Crippen LogP contribution in [-0.4, -0.2) is 74.8 Å². The van der Waals surface area contributed by atoms with Crippen LogP contribution in [0, 0.1) is 5.82 Å². The summed E-state index contributed by atoms with van der Waals surface area (Å²) in [7, 11) is 1.82. The first-order valence-electron chi connectivity index (χ1n) is 15.3. The summed E-state index contributed by atoms with van der Waals surface area (Å²) in [5.41, 5.74) is -8.20. The molecule has 1 unspecified atom stereocenters. The maximum atomic E-state index is 16.8. The monoisotopic (exact) mass is 624 g/mol. The number of piperidine rings is 1. The lowest BCUT2D eigenvalue weighted by Gasteiger charge is -2.46. The molecular formula is C30H32Cl2F2N4O4. The van der Waals surface area contributed by atoms with Gasteiger partial charge in [0, 0.05) is 36.1 Å². The Kier molecular flexibility index (Phi) is 7.20. The van der Waals surface area contributed by atoms with Crippen LogP contribution in [0.2, 0.25) is 10.0 Å². The zero-order chi connectivity index (χ0) is 33.9. The summed E-state index contributed by atoms with van der Waals surface area (Å²) in [6.07, 6.45) is 2.23. The van der Waals surface area contributed by atoms with Gasteiger partial charge in [-0.3, -0.25) is 9.69 Å². The molecule has 0 bridgehead atoms. The van der Waals surface area contributed by atoms with E-state index in [1.807, 2.05) is 11.9 Å². The molecule has 1 fully saturated rings. The molecule has 3 aromatic rings. The minimum atomic E-state index is -3.64. The number of carbonyl (C=O) groups excluding carboxylic acids is 1. The summed E-state index contributed by atoms with van der Waals surface area (Å²) in [6.45, 7) is -5.51. The van der Waals surface area contributed by atoms with Crippen molar-refractivity contribution in [2.75, 3.05) is 33.3 Å². The van der Waals surface area contributed by atoms with E-state index in [9.17, 15) is 15.0 Å². The minimum absolute atomic E-state index is 0.0280. The molecule has 8 nitrogen and oxygen atoms in total. The molecule has 1 amide bonds. The van der Waals surface area contributed by atoms with Crippen molar-refractivity contribution >= 4 is 29.1 Å². The number of likely N-dealkylation sites (tertiary alicyclic amines) is 1. The number of amides is 1. The van der Waals surface area contributed by atoms with Gasteiger partial charge in [0.25, 0.3) is 5.91 Å². The average Bonchev–Trinajstić information content (AvgIpc) is 3.22. The highest BCUT2D eigenvalue weighted by molar-refractivity contribution is 6.30. The van der Waals surface area contributed by atoms with Crippen LogP contribution in [0.1, 0.15) is 64.5 Å². The van der Waals surface area contributed by atoms with Crippen molar-refractivity contribution < 1.29 is 34.0 Å². The first-order chi connectivity index (χ1) is 21.4. The second-order valence-electron chi connectivity index (χ2n) is 10.5. The number of aromatic nitrogens is 2. The van der Waals surface area contributed by atoms with E-state index in [4.69, 9.17) is 33.4 Å². The van der Waals surface area contributed by atoms with Gasteiger partial charge >= 0.3 is 0 Å². The normalized spacial score (nSPS) is 23.9. The van der Waals surface area contributed by atoms with Crippen molar-refractivity contribution in [3.05, 3.63) is 92.7 Å². The maximum absolute atomic E-state index is 16.8. The SMILES string of the molecule is [2H]C([2H])(O)C([2H])([2H])O[C@]1(c2ccc(Cl)cc2)c2c(F)cc(C(O)(CC)C3(F)CCN(C)CC3)cc2C(=O)N1Cc1ncc(Cl)cn1. The molecule has 1 aromatic heterocycles. The summed E-state index contributed by atoms with van der Waals surface area (Å²) < 4.78 is 71.4. The van der Waals surface area contributed by atoms with Gasteiger partial charge in [0.2, 0.25) is 0 Å². The summed E-state index contributed by atoms with van der Waals surface area (Å²) in [6, 6.07) is 7.44. The predicted molar refractivity (Wildman–Crippen MR) is 153 cm³/mol. The van der Waals surface area contributed by atoms with Crippen LogP contribution >= 0.6 is 23.2 Å². The lowest BCUT2D eigenvalue weighted by Crippen LogP contribution is -2.54. The second-order valence-corrected chi connectivity index (χ2v) is 11.4. The fraction of sp³-hybridized carbons (Fsp3) is 0.433. The van der Waals surface area contributed by atoms with Gasteiger partial charge in [-0.05, 0) is 56.1 Å². The molecule has 2 aliphatic heterocycles. The lowest BCUT2D eigenvalue weighted by atomic mass is 9.71. The Balaban J connectivity index is 1.79. The van der Waals surface area contributed by atoms with Crippen LogP contribution in [0.15, 0.2) is 48.8 Å². The Hall–Kier alpha value is -2.73. The molecule has 2 N–H and O–H groups in total. The summed E-state index contributed by atoms with van der Waals surface area (Å²) in [5.74, 6) is -2.15. The highest BCUT2D eigenvalue weighted by Crippen LogP contribution is 2.51. The maximum Gasteiger partial charge on any atom is 0.257 e. The standard InChI is InChI=1S/C30H32Cl2F2N4O4/c1-3-29(41,28(34)8-10-37(2)11-9-28)20-14-23-26(24(33)15-20)30(42-13-12-39,19-4-6-21(31)7-5-19)38(27(23)40)18-25-35-16-22(32)17-36-25/h4-7,14-17,39,41H,3,8-13,18H2,1-2H3/t29?,30-/m1/s1/i12D2,13D2. The van der Waals surface area contributed by atoms with Gasteiger partial charge in [-0.25, -0.2) is 18.7 Å². The van der Waals surface area contributed by atoms with Crippen LogP contribution in [-0.2, 0) is 22.6 Å².